The molecule has 0 bridgehead atoms. The molecule has 0 fully saturated rings. The van der Waals surface area contributed by atoms with Crippen LogP contribution in [0.3, 0.4) is 0 Å². The van der Waals surface area contributed by atoms with Crippen LogP contribution in [0.15, 0.2) is 29.2 Å². The van der Waals surface area contributed by atoms with Gasteiger partial charge in [-0.15, -0.1) is 12.6 Å². The number of amides is 1. The molecular weight excluding hydrogens is 218 g/mol. The van der Waals surface area contributed by atoms with Crippen LogP contribution in [0.1, 0.15) is 25.8 Å². The zero-order chi connectivity index (χ0) is 12.1. The molecular formula is C13H19NOS. The van der Waals surface area contributed by atoms with Crippen molar-refractivity contribution >= 4 is 18.5 Å². The summed E-state index contributed by atoms with van der Waals surface area (Å²) in [7, 11) is 1.86. The highest BCUT2D eigenvalue weighted by atomic mass is 32.1. The van der Waals surface area contributed by atoms with Crippen LogP contribution >= 0.6 is 12.6 Å². The van der Waals surface area contributed by atoms with Crippen LogP contribution in [0.2, 0.25) is 0 Å². The summed E-state index contributed by atoms with van der Waals surface area (Å²) < 4.78 is 0. The first-order chi connectivity index (χ1) is 7.54. The molecule has 1 amide bonds. The van der Waals surface area contributed by atoms with Crippen molar-refractivity contribution in [2.24, 2.45) is 0 Å². The molecule has 2 nitrogen and oxygen atoms in total. The van der Waals surface area contributed by atoms with E-state index >= 15 is 0 Å². The van der Waals surface area contributed by atoms with Crippen LogP contribution in [0.25, 0.3) is 0 Å². The van der Waals surface area contributed by atoms with Gasteiger partial charge >= 0.3 is 0 Å². The molecule has 88 valence electrons. The maximum atomic E-state index is 11.9. The van der Waals surface area contributed by atoms with Gasteiger partial charge in [0.2, 0.25) is 5.91 Å². The van der Waals surface area contributed by atoms with Crippen molar-refractivity contribution in [2.75, 3.05) is 7.05 Å². The van der Waals surface area contributed by atoms with Gasteiger partial charge in [0.15, 0.2) is 0 Å². The second-order valence-electron chi connectivity index (χ2n) is 4.11. The maximum absolute atomic E-state index is 11.9. The Morgan fingerprint density at radius 3 is 2.44 bits per heavy atom. The topological polar surface area (TPSA) is 20.3 Å². The fourth-order valence-electron chi connectivity index (χ4n) is 1.43. The summed E-state index contributed by atoms with van der Waals surface area (Å²) in [6.07, 6.45) is 1.45. The Morgan fingerprint density at radius 1 is 1.38 bits per heavy atom. The third-order valence-electron chi connectivity index (χ3n) is 2.94. The van der Waals surface area contributed by atoms with E-state index in [0.717, 1.165) is 16.9 Å². The van der Waals surface area contributed by atoms with Crippen molar-refractivity contribution in [3.8, 4) is 0 Å². The average Bonchev–Trinajstić information content (AvgIpc) is 2.30. The Morgan fingerprint density at radius 2 is 1.94 bits per heavy atom. The predicted molar refractivity (Wildman–Crippen MR) is 69.9 cm³/mol. The smallest absolute Gasteiger partial charge is 0.226 e. The zero-order valence-corrected chi connectivity index (χ0v) is 11.0. The SMILES string of the molecule is CCC(C)N(C)C(=O)Cc1ccc(S)cc1. The van der Waals surface area contributed by atoms with E-state index in [1.807, 2.05) is 36.2 Å². The van der Waals surface area contributed by atoms with Crippen LogP contribution in [0, 0.1) is 0 Å². The first-order valence-electron chi connectivity index (χ1n) is 5.58. The molecule has 0 radical (unpaired) electrons. The number of carbonyl (C=O) groups is 1. The molecule has 0 saturated carbocycles. The van der Waals surface area contributed by atoms with E-state index in [0.29, 0.717) is 12.5 Å². The van der Waals surface area contributed by atoms with Crippen LogP contribution in [0.4, 0.5) is 0 Å². The number of nitrogens with zero attached hydrogens (tertiary/aromatic N) is 1. The molecule has 0 aliphatic carbocycles. The average molecular weight is 237 g/mol. The van der Waals surface area contributed by atoms with Gasteiger partial charge in [-0.2, -0.15) is 0 Å². The lowest BCUT2D eigenvalue weighted by Gasteiger charge is -2.23. The second-order valence-corrected chi connectivity index (χ2v) is 4.62. The number of hydrogen-bond donors (Lipinski definition) is 1. The molecule has 0 aliphatic heterocycles. The number of rotatable bonds is 4. The van der Waals surface area contributed by atoms with E-state index in [1.165, 1.54) is 0 Å². The minimum Gasteiger partial charge on any atom is -0.343 e. The first kappa shape index (κ1) is 13.1. The summed E-state index contributed by atoms with van der Waals surface area (Å²) in [5, 5.41) is 0. The van der Waals surface area contributed by atoms with E-state index in [9.17, 15) is 4.79 Å². The van der Waals surface area contributed by atoms with Crippen LogP contribution in [0.5, 0.6) is 0 Å². The number of carbonyl (C=O) groups excluding carboxylic acids is 1. The highest BCUT2D eigenvalue weighted by Gasteiger charge is 2.14. The van der Waals surface area contributed by atoms with Gasteiger partial charge in [-0.1, -0.05) is 19.1 Å². The van der Waals surface area contributed by atoms with E-state index in [4.69, 9.17) is 0 Å². The fraction of sp³-hybridized carbons (Fsp3) is 0.462. The van der Waals surface area contributed by atoms with Gasteiger partial charge in [-0.05, 0) is 31.0 Å². The Labute approximate surface area is 103 Å². The predicted octanol–water partition coefficient (Wildman–Crippen LogP) is 2.77. The van der Waals surface area contributed by atoms with Gasteiger partial charge in [-0.25, -0.2) is 0 Å². The van der Waals surface area contributed by atoms with Crippen molar-refractivity contribution in [3.05, 3.63) is 29.8 Å². The first-order valence-corrected chi connectivity index (χ1v) is 6.03. The standard InChI is InChI=1S/C13H19NOS/c1-4-10(2)14(3)13(15)9-11-5-7-12(16)8-6-11/h5-8,10,16H,4,9H2,1-3H3. The molecule has 0 aliphatic rings. The minimum atomic E-state index is 0.168. The molecule has 0 aromatic heterocycles. The van der Waals surface area contributed by atoms with E-state index in [2.05, 4.69) is 26.5 Å². The molecule has 0 saturated heterocycles. The number of hydrogen-bond acceptors (Lipinski definition) is 2. The Hall–Kier alpha value is -0.960. The van der Waals surface area contributed by atoms with E-state index < -0.39 is 0 Å². The lowest BCUT2D eigenvalue weighted by atomic mass is 10.1. The lowest BCUT2D eigenvalue weighted by Crippen LogP contribution is -2.35. The van der Waals surface area contributed by atoms with Crippen LogP contribution in [-0.2, 0) is 11.2 Å². The molecule has 3 heteroatoms. The van der Waals surface area contributed by atoms with Crippen LogP contribution in [-0.4, -0.2) is 23.9 Å². The van der Waals surface area contributed by atoms with E-state index in [-0.39, 0.29) is 5.91 Å². The normalized spacial score (nSPS) is 12.2. The summed E-state index contributed by atoms with van der Waals surface area (Å²) in [5.74, 6) is 0.168. The molecule has 1 unspecified atom stereocenters. The minimum absolute atomic E-state index is 0.168. The Kier molecular flexibility index (Phi) is 4.87. The van der Waals surface area contributed by atoms with Crippen molar-refractivity contribution in [1.29, 1.82) is 0 Å². The number of likely N-dealkylation sites (N-methyl/N-ethyl adjacent to an activating group) is 1. The molecule has 0 N–H and O–H groups in total. The summed E-state index contributed by atoms with van der Waals surface area (Å²) in [4.78, 5) is 14.6. The van der Waals surface area contributed by atoms with Gasteiger partial charge in [0.1, 0.15) is 0 Å². The monoisotopic (exact) mass is 237 g/mol. The maximum Gasteiger partial charge on any atom is 0.226 e. The van der Waals surface area contributed by atoms with Gasteiger partial charge in [0.05, 0.1) is 6.42 Å². The van der Waals surface area contributed by atoms with E-state index in [1.54, 1.807) is 0 Å². The van der Waals surface area contributed by atoms with Gasteiger partial charge in [0.25, 0.3) is 0 Å². The molecule has 1 aromatic rings. The van der Waals surface area contributed by atoms with Crippen molar-refractivity contribution in [1.82, 2.24) is 4.90 Å². The molecule has 0 spiro atoms. The zero-order valence-electron chi connectivity index (χ0n) is 10.1. The van der Waals surface area contributed by atoms with Gasteiger partial charge in [-0.3, -0.25) is 4.79 Å². The lowest BCUT2D eigenvalue weighted by molar-refractivity contribution is -0.130. The summed E-state index contributed by atoms with van der Waals surface area (Å²) >= 11 is 4.22. The molecule has 1 aromatic carbocycles. The molecule has 1 rings (SSSR count). The summed E-state index contributed by atoms with van der Waals surface area (Å²) in [6.45, 7) is 4.15. The largest absolute Gasteiger partial charge is 0.343 e. The Balaban J connectivity index is 2.60. The molecule has 16 heavy (non-hydrogen) atoms. The Bertz CT molecular complexity index is 347. The summed E-state index contributed by atoms with van der Waals surface area (Å²) in [6, 6.07) is 8.02. The van der Waals surface area contributed by atoms with Crippen molar-refractivity contribution in [2.45, 2.75) is 37.6 Å². The van der Waals surface area contributed by atoms with Crippen LogP contribution < -0.4 is 0 Å². The number of benzene rings is 1. The molecule has 0 heterocycles. The quantitative estimate of drug-likeness (QED) is 0.798. The highest BCUT2D eigenvalue weighted by molar-refractivity contribution is 7.80. The second kappa shape index (κ2) is 5.94. The highest BCUT2D eigenvalue weighted by Crippen LogP contribution is 2.10. The third kappa shape index (κ3) is 3.56. The van der Waals surface area contributed by atoms with Gasteiger partial charge in [0, 0.05) is 18.0 Å². The number of thiol groups is 1. The molecule has 1 atom stereocenters. The third-order valence-corrected chi connectivity index (χ3v) is 3.24. The van der Waals surface area contributed by atoms with Crippen molar-refractivity contribution in [3.63, 3.8) is 0 Å². The fourth-order valence-corrected chi connectivity index (χ4v) is 1.58. The summed E-state index contributed by atoms with van der Waals surface area (Å²) in [5.41, 5.74) is 1.04. The van der Waals surface area contributed by atoms with Crippen molar-refractivity contribution < 1.29 is 4.79 Å². The van der Waals surface area contributed by atoms with Gasteiger partial charge < -0.3 is 4.90 Å².